The normalized spacial score (nSPS) is 12.6. The van der Waals surface area contributed by atoms with Crippen LogP contribution in [0, 0.1) is 0 Å². The Morgan fingerprint density at radius 3 is 2.41 bits per heavy atom. The van der Waals surface area contributed by atoms with E-state index in [1.165, 1.54) is 7.11 Å². The monoisotopic (exact) mass is 448 g/mol. The van der Waals surface area contributed by atoms with Gasteiger partial charge in [0, 0.05) is 34.1 Å². The van der Waals surface area contributed by atoms with Crippen LogP contribution in [-0.2, 0) is 11.2 Å². The van der Waals surface area contributed by atoms with Crippen molar-refractivity contribution in [3.05, 3.63) is 94.0 Å². The lowest BCUT2D eigenvalue weighted by atomic mass is 9.98. The molecule has 1 aliphatic rings. The van der Waals surface area contributed by atoms with Crippen molar-refractivity contribution in [1.82, 2.24) is 0 Å². The number of halogens is 1. The fraction of sp³-hybridized carbons (Fsp3) is 0.160. The SMILES string of the molecule is COC(=O)c1ccc(NC(=O)c2ccc3c(c2)CCCN3C(=O)c2cccc(Cl)c2)cc1. The highest BCUT2D eigenvalue weighted by Gasteiger charge is 2.24. The number of aryl methyl sites for hydroxylation is 1. The van der Waals surface area contributed by atoms with E-state index in [1.54, 1.807) is 59.5 Å². The maximum atomic E-state index is 13.0. The number of rotatable bonds is 4. The summed E-state index contributed by atoms with van der Waals surface area (Å²) in [5.41, 5.74) is 3.75. The van der Waals surface area contributed by atoms with Crippen LogP contribution in [0.25, 0.3) is 0 Å². The van der Waals surface area contributed by atoms with Crippen LogP contribution in [0.5, 0.6) is 0 Å². The first-order valence-corrected chi connectivity index (χ1v) is 10.5. The lowest BCUT2D eigenvalue weighted by Crippen LogP contribution is -2.35. The second-order valence-electron chi connectivity index (χ2n) is 7.44. The molecule has 6 nitrogen and oxygen atoms in total. The molecule has 0 unspecified atom stereocenters. The molecule has 0 fully saturated rings. The Balaban J connectivity index is 1.52. The van der Waals surface area contributed by atoms with Gasteiger partial charge in [0.15, 0.2) is 0 Å². The van der Waals surface area contributed by atoms with Crippen LogP contribution in [0.2, 0.25) is 5.02 Å². The molecule has 1 N–H and O–H groups in total. The first-order valence-electron chi connectivity index (χ1n) is 10.2. The number of hydrogen-bond acceptors (Lipinski definition) is 4. The number of esters is 1. The van der Waals surface area contributed by atoms with Gasteiger partial charge in [-0.05, 0) is 79.1 Å². The minimum absolute atomic E-state index is 0.114. The Bertz CT molecular complexity index is 1190. The predicted molar refractivity (Wildman–Crippen MR) is 124 cm³/mol. The smallest absolute Gasteiger partial charge is 0.337 e. The maximum absolute atomic E-state index is 13.0. The van der Waals surface area contributed by atoms with Gasteiger partial charge in [0.05, 0.1) is 12.7 Å². The van der Waals surface area contributed by atoms with Crippen molar-refractivity contribution in [3.63, 3.8) is 0 Å². The van der Waals surface area contributed by atoms with E-state index in [0.717, 1.165) is 24.1 Å². The zero-order valence-corrected chi connectivity index (χ0v) is 18.2. The van der Waals surface area contributed by atoms with Gasteiger partial charge in [-0.1, -0.05) is 17.7 Å². The molecule has 0 aromatic heterocycles. The van der Waals surface area contributed by atoms with Crippen molar-refractivity contribution in [3.8, 4) is 0 Å². The summed E-state index contributed by atoms with van der Waals surface area (Å²) < 4.78 is 4.68. The van der Waals surface area contributed by atoms with E-state index < -0.39 is 5.97 Å². The fourth-order valence-electron chi connectivity index (χ4n) is 3.74. The molecule has 0 atom stereocenters. The number of methoxy groups -OCH3 is 1. The van der Waals surface area contributed by atoms with Crippen molar-refractivity contribution < 1.29 is 19.1 Å². The molecule has 32 heavy (non-hydrogen) atoms. The van der Waals surface area contributed by atoms with Crippen molar-refractivity contribution in [2.75, 3.05) is 23.9 Å². The van der Waals surface area contributed by atoms with E-state index in [-0.39, 0.29) is 11.8 Å². The Kier molecular flexibility index (Phi) is 6.23. The first-order chi connectivity index (χ1) is 15.5. The summed E-state index contributed by atoms with van der Waals surface area (Å²) >= 11 is 6.04. The first kappa shape index (κ1) is 21.6. The number of ether oxygens (including phenoxy) is 1. The second-order valence-corrected chi connectivity index (χ2v) is 7.87. The predicted octanol–water partition coefficient (Wildman–Crippen LogP) is 4.97. The lowest BCUT2D eigenvalue weighted by Gasteiger charge is -2.30. The van der Waals surface area contributed by atoms with Crippen molar-refractivity contribution in [2.24, 2.45) is 0 Å². The van der Waals surface area contributed by atoms with E-state index in [0.29, 0.717) is 33.9 Å². The van der Waals surface area contributed by atoms with Crippen LogP contribution in [-0.4, -0.2) is 31.4 Å². The standard InChI is InChI=1S/C25H21ClN2O4/c1-32-25(31)16-7-10-21(11-8-16)27-23(29)18-9-12-22-17(14-18)5-3-13-28(22)24(30)19-4-2-6-20(26)15-19/h2,4,6-12,14-15H,3,5,13H2,1H3,(H,27,29). The highest BCUT2D eigenvalue weighted by atomic mass is 35.5. The van der Waals surface area contributed by atoms with Crippen molar-refractivity contribution in [1.29, 1.82) is 0 Å². The summed E-state index contributed by atoms with van der Waals surface area (Å²) in [6, 6.07) is 18.7. The Morgan fingerprint density at radius 1 is 0.938 bits per heavy atom. The molecule has 0 spiro atoms. The van der Waals surface area contributed by atoms with E-state index in [4.69, 9.17) is 11.6 Å². The summed E-state index contributed by atoms with van der Waals surface area (Å²) in [4.78, 5) is 39.1. The number of amides is 2. The van der Waals surface area contributed by atoms with Crippen LogP contribution in [0.4, 0.5) is 11.4 Å². The minimum atomic E-state index is -0.436. The van der Waals surface area contributed by atoms with Crippen LogP contribution < -0.4 is 10.2 Å². The number of fused-ring (bicyclic) bond motifs is 1. The Hall–Kier alpha value is -3.64. The average Bonchev–Trinajstić information content (AvgIpc) is 2.82. The summed E-state index contributed by atoms with van der Waals surface area (Å²) in [6.45, 7) is 0.608. The molecule has 0 saturated heterocycles. The number of carbonyl (C=O) groups is 3. The van der Waals surface area contributed by atoms with E-state index in [1.807, 2.05) is 12.1 Å². The molecule has 0 bridgehead atoms. The molecule has 0 radical (unpaired) electrons. The van der Waals surface area contributed by atoms with Crippen molar-refractivity contribution in [2.45, 2.75) is 12.8 Å². The van der Waals surface area contributed by atoms with E-state index in [2.05, 4.69) is 10.1 Å². The molecule has 0 aliphatic carbocycles. The number of benzene rings is 3. The van der Waals surface area contributed by atoms with Crippen LogP contribution in [0.3, 0.4) is 0 Å². The van der Waals surface area contributed by atoms with Gasteiger partial charge in [-0.3, -0.25) is 9.59 Å². The van der Waals surface area contributed by atoms with Crippen LogP contribution in [0.15, 0.2) is 66.7 Å². The van der Waals surface area contributed by atoms with Gasteiger partial charge in [-0.2, -0.15) is 0 Å². The zero-order valence-electron chi connectivity index (χ0n) is 17.4. The molecule has 1 aliphatic heterocycles. The van der Waals surface area contributed by atoms with Gasteiger partial charge in [-0.25, -0.2) is 4.79 Å². The Morgan fingerprint density at radius 2 is 1.69 bits per heavy atom. The summed E-state index contributed by atoms with van der Waals surface area (Å²) in [5, 5.41) is 3.34. The van der Waals surface area contributed by atoms with Gasteiger partial charge >= 0.3 is 5.97 Å². The summed E-state index contributed by atoms with van der Waals surface area (Å²) in [6.07, 6.45) is 1.59. The van der Waals surface area contributed by atoms with Gasteiger partial charge in [-0.15, -0.1) is 0 Å². The molecule has 0 saturated carbocycles. The molecule has 1 heterocycles. The molecule has 3 aromatic carbocycles. The topological polar surface area (TPSA) is 75.7 Å². The molecular weight excluding hydrogens is 428 g/mol. The molecule has 3 aromatic rings. The number of nitrogens with one attached hydrogen (secondary N) is 1. The fourth-order valence-corrected chi connectivity index (χ4v) is 3.93. The van der Waals surface area contributed by atoms with Crippen molar-refractivity contribution >= 4 is 40.8 Å². The Labute approximate surface area is 190 Å². The lowest BCUT2D eigenvalue weighted by molar-refractivity contribution is 0.0600. The molecule has 4 rings (SSSR count). The number of nitrogens with zero attached hydrogens (tertiary/aromatic N) is 1. The summed E-state index contributed by atoms with van der Waals surface area (Å²) in [7, 11) is 1.32. The number of hydrogen-bond donors (Lipinski definition) is 1. The quantitative estimate of drug-likeness (QED) is 0.571. The van der Waals surface area contributed by atoms with Crippen LogP contribution in [0.1, 0.15) is 43.1 Å². The minimum Gasteiger partial charge on any atom is -0.465 e. The molecular formula is C25H21ClN2O4. The third-order valence-corrected chi connectivity index (χ3v) is 5.58. The third-order valence-electron chi connectivity index (χ3n) is 5.34. The van der Waals surface area contributed by atoms with Crippen LogP contribution >= 0.6 is 11.6 Å². The van der Waals surface area contributed by atoms with Gasteiger partial charge in [0.1, 0.15) is 0 Å². The summed E-state index contributed by atoms with van der Waals surface area (Å²) in [5.74, 6) is -0.817. The molecule has 7 heteroatoms. The average molecular weight is 449 g/mol. The zero-order chi connectivity index (χ0) is 22.7. The molecule has 2 amide bonds. The van der Waals surface area contributed by atoms with Gasteiger partial charge in [0.25, 0.3) is 11.8 Å². The number of carbonyl (C=O) groups excluding carboxylic acids is 3. The number of anilines is 2. The van der Waals surface area contributed by atoms with Gasteiger partial charge in [0.2, 0.25) is 0 Å². The van der Waals surface area contributed by atoms with E-state index in [9.17, 15) is 14.4 Å². The molecule has 162 valence electrons. The highest BCUT2D eigenvalue weighted by Crippen LogP contribution is 2.30. The maximum Gasteiger partial charge on any atom is 0.337 e. The second kappa shape index (κ2) is 9.24. The van der Waals surface area contributed by atoms with E-state index >= 15 is 0 Å². The van der Waals surface area contributed by atoms with Gasteiger partial charge < -0.3 is 15.0 Å². The highest BCUT2D eigenvalue weighted by molar-refractivity contribution is 6.31. The largest absolute Gasteiger partial charge is 0.465 e. The third kappa shape index (κ3) is 4.50.